The minimum atomic E-state index is -1.07. The maximum Gasteiger partial charge on any atom is 0.354 e. The van der Waals surface area contributed by atoms with Crippen LogP contribution < -0.4 is 4.74 Å². The molecule has 0 atom stereocenters. The average Bonchev–Trinajstić information content (AvgIpc) is 3.79. The van der Waals surface area contributed by atoms with Crippen LogP contribution in [0.2, 0.25) is 10.0 Å². The number of fused-ring (bicyclic) bond motifs is 4. The SMILES string of the molecule is CC(C)Oc1cc(C(=O)O)nc2ccc(/C=C/C34CCC(OCc5c(-c6c(Cl)cncc6Cl)noc5C5CC5)(CC3)CC4)cc12. The molecular weight excluding hydrogens is 613 g/mol. The van der Waals surface area contributed by atoms with Crippen LogP contribution in [0.25, 0.3) is 28.2 Å². The van der Waals surface area contributed by atoms with Crippen molar-refractivity contribution in [2.45, 2.75) is 89.4 Å². The lowest BCUT2D eigenvalue weighted by Gasteiger charge is -2.52. The van der Waals surface area contributed by atoms with E-state index in [1.165, 1.54) is 6.07 Å². The van der Waals surface area contributed by atoms with Gasteiger partial charge in [-0.05, 0) is 88.3 Å². The number of nitrogens with zero attached hydrogens (tertiary/aromatic N) is 3. The summed E-state index contributed by atoms with van der Waals surface area (Å²) in [4.78, 5) is 20.0. The Kier molecular flexibility index (Phi) is 7.87. The first-order chi connectivity index (χ1) is 21.6. The molecule has 4 fully saturated rings. The normalized spacial score (nSPS) is 23.0. The molecule has 8 nitrogen and oxygen atoms in total. The third kappa shape index (κ3) is 5.96. The van der Waals surface area contributed by atoms with Crippen LogP contribution in [0.5, 0.6) is 5.75 Å². The standard InChI is InChI=1S/C35H35Cl2N3O5/c1-20(2)44-29-16-28(33(41)42)39-27-6-3-21(15-23(27)29)7-8-34-9-12-35(13-10-34,14-11-34)43-19-24-31(40-45-32(24)22-4-5-22)30-25(36)17-38-18-26(30)37/h3,6-8,15-18,20,22H,4-5,9-14,19H2,1-2H3,(H,41,42)/b8-7+. The molecule has 10 heteroatoms. The molecule has 4 aromatic rings. The van der Waals surface area contributed by atoms with Gasteiger partial charge < -0.3 is 19.1 Å². The van der Waals surface area contributed by atoms with E-state index in [0.717, 1.165) is 73.6 Å². The van der Waals surface area contributed by atoms with Gasteiger partial charge in [-0.3, -0.25) is 4.98 Å². The lowest BCUT2D eigenvalue weighted by molar-refractivity contribution is -0.133. The highest BCUT2D eigenvalue weighted by Crippen LogP contribution is 2.55. The van der Waals surface area contributed by atoms with Crippen molar-refractivity contribution in [1.82, 2.24) is 15.1 Å². The molecule has 2 bridgehead atoms. The fourth-order valence-corrected chi connectivity index (χ4v) is 7.43. The largest absolute Gasteiger partial charge is 0.490 e. The Hall–Kier alpha value is -3.46. The van der Waals surface area contributed by atoms with E-state index in [1.54, 1.807) is 12.4 Å². The first-order valence-corrected chi connectivity index (χ1v) is 16.4. The van der Waals surface area contributed by atoms with Crippen molar-refractivity contribution >= 4 is 46.2 Å². The summed E-state index contributed by atoms with van der Waals surface area (Å²) in [6, 6.07) is 7.40. The number of aromatic nitrogens is 3. The zero-order chi connectivity index (χ0) is 31.3. The third-order valence-corrected chi connectivity index (χ3v) is 10.2. The number of pyridine rings is 2. The van der Waals surface area contributed by atoms with Gasteiger partial charge in [0.15, 0.2) is 5.69 Å². The molecule has 4 aliphatic carbocycles. The molecule has 4 aliphatic rings. The number of hydrogen-bond acceptors (Lipinski definition) is 7. The number of aromatic carboxylic acids is 1. The summed E-state index contributed by atoms with van der Waals surface area (Å²) in [6.07, 6.45) is 15.9. The van der Waals surface area contributed by atoms with E-state index in [-0.39, 0.29) is 22.8 Å². The number of carboxylic acids is 1. The van der Waals surface area contributed by atoms with Crippen LogP contribution in [0, 0.1) is 5.41 Å². The number of allylic oxidation sites excluding steroid dienone is 1. The van der Waals surface area contributed by atoms with Gasteiger partial charge in [-0.1, -0.05) is 46.6 Å². The Balaban J connectivity index is 1.07. The molecule has 0 unspecified atom stereocenters. The maximum atomic E-state index is 11.6. The Morgan fingerprint density at radius 2 is 1.80 bits per heavy atom. The van der Waals surface area contributed by atoms with Crippen LogP contribution in [-0.4, -0.2) is 37.9 Å². The molecule has 1 N–H and O–H groups in total. The number of benzene rings is 1. The highest BCUT2D eigenvalue weighted by Gasteiger charge is 2.48. The summed E-state index contributed by atoms with van der Waals surface area (Å²) < 4.78 is 18.6. The molecule has 234 valence electrons. The van der Waals surface area contributed by atoms with Crippen molar-refractivity contribution in [2.75, 3.05) is 0 Å². The van der Waals surface area contributed by atoms with Crippen LogP contribution in [0.3, 0.4) is 0 Å². The predicted molar refractivity (Wildman–Crippen MR) is 173 cm³/mol. The molecule has 3 aromatic heterocycles. The van der Waals surface area contributed by atoms with E-state index in [9.17, 15) is 9.90 Å². The zero-order valence-corrected chi connectivity index (χ0v) is 26.8. The van der Waals surface area contributed by atoms with Gasteiger partial charge in [0.1, 0.15) is 17.2 Å². The highest BCUT2D eigenvalue weighted by atomic mass is 35.5. The third-order valence-electron chi connectivity index (χ3n) is 9.62. The molecule has 0 radical (unpaired) electrons. The van der Waals surface area contributed by atoms with E-state index < -0.39 is 5.97 Å². The average molecular weight is 649 g/mol. The van der Waals surface area contributed by atoms with Crippen molar-refractivity contribution in [1.29, 1.82) is 0 Å². The van der Waals surface area contributed by atoms with Gasteiger partial charge in [0.05, 0.1) is 33.9 Å². The van der Waals surface area contributed by atoms with Crippen LogP contribution in [-0.2, 0) is 11.3 Å². The van der Waals surface area contributed by atoms with Crippen LogP contribution in [0.4, 0.5) is 0 Å². The smallest absolute Gasteiger partial charge is 0.354 e. The molecule has 0 saturated heterocycles. The molecule has 45 heavy (non-hydrogen) atoms. The van der Waals surface area contributed by atoms with E-state index >= 15 is 0 Å². The fourth-order valence-electron chi connectivity index (χ4n) is 6.88. The molecule has 0 amide bonds. The number of halogens is 2. The fraction of sp³-hybridized carbons (Fsp3) is 0.429. The maximum absolute atomic E-state index is 11.6. The second-order valence-electron chi connectivity index (χ2n) is 13.0. The van der Waals surface area contributed by atoms with E-state index in [0.29, 0.717) is 45.1 Å². The number of rotatable bonds is 10. The van der Waals surface area contributed by atoms with Gasteiger partial charge in [-0.15, -0.1) is 0 Å². The van der Waals surface area contributed by atoms with Gasteiger partial charge >= 0.3 is 5.97 Å². The van der Waals surface area contributed by atoms with Gasteiger partial charge in [-0.25, -0.2) is 9.78 Å². The van der Waals surface area contributed by atoms with Gasteiger partial charge in [0.2, 0.25) is 0 Å². The molecule has 4 saturated carbocycles. The van der Waals surface area contributed by atoms with Crippen molar-refractivity contribution in [3.05, 3.63) is 75.4 Å². The second-order valence-corrected chi connectivity index (χ2v) is 13.9. The van der Waals surface area contributed by atoms with E-state index in [4.69, 9.17) is 37.2 Å². The predicted octanol–water partition coefficient (Wildman–Crippen LogP) is 9.28. The summed E-state index contributed by atoms with van der Waals surface area (Å²) in [5.41, 5.74) is 3.82. The van der Waals surface area contributed by atoms with Gasteiger partial charge in [-0.2, -0.15) is 0 Å². The molecule has 0 aliphatic heterocycles. The topological polar surface area (TPSA) is 108 Å². The van der Waals surface area contributed by atoms with Crippen molar-refractivity contribution < 1.29 is 23.9 Å². The summed E-state index contributed by atoms with van der Waals surface area (Å²) in [5.74, 6) is 0.722. The molecule has 1 aromatic carbocycles. The van der Waals surface area contributed by atoms with Crippen LogP contribution >= 0.6 is 23.2 Å². The summed E-state index contributed by atoms with van der Waals surface area (Å²) >= 11 is 13.0. The minimum absolute atomic E-state index is 0.0237. The molecule has 3 heterocycles. The van der Waals surface area contributed by atoms with Crippen molar-refractivity contribution in [2.24, 2.45) is 5.41 Å². The minimum Gasteiger partial charge on any atom is -0.490 e. The Bertz CT molecular complexity index is 1770. The number of carboxylic acid groups (broad SMARTS) is 1. The Morgan fingerprint density at radius 3 is 2.44 bits per heavy atom. The monoisotopic (exact) mass is 647 g/mol. The zero-order valence-electron chi connectivity index (χ0n) is 25.3. The highest BCUT2D eigenvalue weighted by molar-refractivity contribution is 6.38. The van der Waals surface area contributed by atoms with Gasteiger partial charge in [0, 0.05) is 40.9 Å². The van der Waals surface area contributed by atoms with Crippen molar-refractivity contribution in [3.63, 3.8) is 0 Å². The number of carbonyl (C=O) groups is 1. The van der Waals surface area contributed by atoms with Crippen LogP contribution in [0.15, 0.2) is 47.3 Å². The lowest BCUT2D eigenvalue weighted by atomic mass is 9.58. The summed E-state index contributed by atoms with van der Waals surface area (Å²) in [7, 11) is 0. The summed E-state index contributed by atoms with van der Waals surface area (Å²) in [5, 5.41) is 15.6. The second kappa shape index (κ2) is 11.7. The quantitative estimate of drug-likeness (QED) is 0.181. The number of hydrogen-bond donors (Lipinski definition) is 1. The summed E-state index contributed by atoms with van der Waals surface area (Å²) in [6.45, 7) is 4.27. The Labute approximate surface area is 271 Å². The van der Waals surface area contributed by atoms with Gasteiger partial charge in [0.25, 0.3) is 0 Å². The first-order valence-electron chi connectivity index (χ1n) is 15.6. The number of ether oxygens (including phenoxy) is 2. The first kappa shape index (κ1) is 30.2. The molecule has 8 rings (SSSR count). The van der Waals surface area contributed by atoms with Crippen LogP contribution in [0.1, 0.15) is 98.5 Å². The lowest BCUT2D eigenvalue weighted by Crippen LogP contribution is -2.46. The van der Waals surface area contributed by atoms with E-state index in [1.807, 2.05) is 32.0 Å². The molecular formula is C35H35Cl2N3O5. The van der Waals surface area contributed by atoms with E-state index in [2.05, 4.69) is 27.3 Å². The molecule has 0 spiro atoms. The van der Waals surface area contributed by atoms with Crippen molar-refractivity contribution in [3.8, 4) is 17.0 Å². The Morgan fingerprint density at radius 1 is 1.09 bits per heavy atom.